The molecule has 0 spiro atoms. The fourth-order valence-electron chi connectivity index (χ4n) is 4.28. The van der Waals surface area contributed by atoms with Gasteiger partial charge >= 0.3 is 16.4 Å². The smallest absolute Gasteiger partial charge is 0.409 e. The number of thiophene rings is 1. The minimum atomic E-state index is -4.40. The first-order valence-corrected chi connectivity index (χ1v) is 15.2. The number of anilines is 1. The number of benzene rings is 1. The van der Waals surface area contributed by atoms with E-state index in [4.69, 9.17) is 14.3 Å². The predicted molar refractivity (Wildman–Crippen MR) is 158 cm³/mol. The van der Waals surface area contributed by atoms with Crippen LogP contribution in [0.1, 0.15) is 30.6 Å². The number of rotatable bonds is 12. The van der Waals surface area contributed by atoms with Crippen LogP contribution in [-0.2, 0) is 26.3 Å². The van der Waals surface area contributed by atoms with Crippen LogP contribution in [0.25, 0.3) is 9.88 Å². The average molecular weight is 613 g/mol. The molecule has 3 atom stereocenters. The SMILES string of the molecule is CCC(C(C(=O)NC(Cc1ccc(NS(=O)(=O)O)cc1)c1csc(-c2cccs2)n1)N(C)C(=O)OC)N(C)C.N. The minimum absolute atomic E-state index is 0. The summed E-state index contributed by atoms with van der Waals surface area (Å²) in [5, 5.41) is 7.80. The fraction of sp³-hybridized carbons (Fsp3) is 0.400. The molecule has 3 aromatic rings. The summed E-state index contributed by atoms with van der Waals surface area (Å²) in [4.78, 5) is 35.3. The number of nitrogens with one attached hydrogen (secondary N) is 2. The summed E-state index contributed by atoms with van der Waals surface area (Å²) in [6.45, 7) is 1.95. The van der Waals surface area contributed by atoms with Crippen LogP contribution in [-0.4, -0.2) is 80.1 Å². The van der Waals surface area contributed by atoms with Crippen molar-refractivity contribution in [1.29, 1.82) is 0 Å². The Kier molecular flexibility index (Phi) is 12.0. The van der Waals surface area contributed by atoms with Crippen molar-refractivity contribution < 1.29 is 27.3 Å². The summed E-state index contributed by atoms with van der Waals surface area (Å²) < 4.78 is 38.2. The van der Waals surface area contributed by atoms with Gasteiger partial charge in [-0.05, 0) is 56.1 Å². The van der Waals surface area contributed by atoms with Crippen molar-refractivity contribution in [2.75, 3.05) is 33.0 Å². The van der Waals surface area contributed by atoms with Crippen molar-refractivity contribution >= 4 is 50.7 Å². The van der Waals surface area contributed by atoms with E-state index in [9.17, 15) is 18.0 Å². The van der Waals surface area contributed by atoms with Gasteiger partial charge in [0.2, 0.25) is 5.91 Å². The lowest BCUT2D eigenvalue weighted by atomic mass is 9.99. The third-order valence-corrected chi connectivity index (χ3v) is 8.56. The number of hydrogen-bond acceptors (Lipinski definition) is 10. The third kappa shape index (κ3) is 8.71. The zero-order valence-corrected chi connectivity index (χ0v) is 25.5. The highest BCUT2D eigenvalue weighted by Gasteiger charge is 2.36. The maximum Gasteiger partial charge on any atom is 0.409 e. The molecule has 0 saturated carbocycles. The molecular formula is C25H36N6O6S3. The molecule has 0 aliphatic heterocycles. The average Bonchev–Trinajstić information content (AvgIpc) is 3.58. The van der Waals surface area contributed by atoms with Crippen molar-refractivity contribution in [2.24, 2.45) is 0 Å². The molecule has 2 heterocycles. The van der Waals surface area contributed by atoms with Gasteiger partial charge in [0.1, 0.15) is 11.0 Å². The van der Waals surface area contributed by atoms with Gasteiger partial charge < -0.3 is 21.1 Å². The summed E-state index contributed by atoms with van der Waals surface area (Å²) in [7, 11) is 2.12. The van der Waals surface area contributed by atoms with E-state index in [1.165, 1.54) is 42.5 Å². The summed E-state index contributed by atoms with van der Waals surface area (Å²) in [5.41, 5.74) is 1.66. The van der Waals surface area contributed by atoms with E-state index < -0.39 is 28.5 Å². The highest BCUT2D eigenvalue weighted by atomic mass is 32.2. The summed E-state index contributed by atoms with van der Waals surface area (Å²) >= 11 is 3.04. The summed E-state index contributed by atoms with van der Waals surface area (Å²) in [6, 6.07) is 8.71. The van der Waals surface area contributed by atoms with E-state index in [-0.39, 0.29) is 23.8 Å². The molecule has 0 fully saturated rings. The minimum Gasteiger partial charge on any atom is -0.453 e. The van der Waals surface area contributed by atoms with E-state index >= 15 is 0 Å². The Morgan fingerprint density at radius 1 is 1.12 bits per heavy atom. The van der Waals surface area contributed by atoms with E-state index in [0.717, 1.165) is 15.4 Å². The first-order chi connectivity index (χ1) is 18.4. The van der Waals surface area contributed by atoms with Gasteiger partial charge in [-0.3, -0.25) is 19.0 Å². The monoisotopic (exact) mass is 612 g/mol. The molecule has 0 radical (unpaired) electrons. The van der Waals surface area contributed by atoms with Crippen molar-refractivity contribution in [3.8, 4) is 9.88 Å². The number of ether oxygens (including phenoxy) is 1. The lowest BCUT2D eigenvalue weighted by Crippen LogP contribution is -2.58. The maximum atomic E-state index is 13.8. The lowest BCUT2D eigenvalue weighted by Gasteiger charge is -2.36. The first kappa shape index (κ1) is 33.1. The number of amides is 2. The Bertz CT molecular complexity index is 1350. The van der Waals surface area contributed by atoms with Crippen LogP contribution in [0.2, 0.25) is 0 Å². The molecule has 12 nitrogen and oxygen atoms in total. The van der Waals surface area contributed by atoms with Crippen LogP contribution >= 0.6 is 22.7 Å². The van der Waals surface area contributed by atoms with Crippen LogP contribution in [0, 0.1) is 0 Å². The van der Waals surface area contributed by atoms with Crippen LogP contribution in [0.15, 0.2) is 47.2 Å². The quantitative estimate of drug-likeness (QED) is 0.220. The number of carbonyl (C=O) groups excluding carboxylic acids is 2. The number of aromatic nitrogens is 1. The Morgan fingerprint density at radius 2 is 1.80 bits per heavy atom. The molecule has 0 saturated heterocycles. The molecular weight excluding hydrogens is 577 g/mol. The maximum absolute atomic E-state index is 13.8. The zero-order valence-electron chi connectivity index (χ0n) is 23.0. The molecule has 0 aliphatic rings. The van der Waals surface area contributed by atoms with E-state index in [1.54, 1.807) is 23.5 Å². The summed E-state index contributed by atoms with van der Waals surface area (Å²) in [6.07, 6.45) is 0.333. The third-order valence-electron chi connectivity index (χ3n) is 6.16. The van der Waals surface area contributed by atoms with Crippen LogP contribution < -0.4 is 16.2 Å². The van der Waals surface area contributed by atoms with Crippen molar-refractivity contribution in [1.82, 2.24) is 26.3 Å². The predicted octanol–water partition coefficient (Wildman–Crippen LogP) is 4.06. The van der Waals surface area contributed by atoms with Gasteiger partial charge in [0.15, 0.2) is 0 Å². The molecule has 6 N–H and O–H groups in total. The number of likely N-dealkylation sites (N-methyl/N-ethyl adjacent to an activating group) is 2. The first-order valence-electron chi connectivity index (χ1n) is 12.0. The van der Waals surface area contributed by atoms with E-state index in [0.29, 0.717) is 18.5 Å². The lowest BCUT2D eigenvalue weighted by molar-refractivity contribution is -0.128. The van der Waals surface area contributed by atoms with Crippen LogP contribution in [0.4, 0.5) is 10.5 Å². The highest BCUT2D eigenvalue weighted by molar-refractivity contribution is 7.87. The number of nitrogens with zero attached hydrogens (tertiary/aromatic N) is 3. The molecule has 3 unspecified atom stereocenters. The fourth-order valence-corrected chi connectivity index (χ4v) is 6.40. The second kappa shape index (κ2) is 14.5. The Labute approximate surface area is 242 Å². The largest absolute Gasteiger partial charge is 0.453 e. The Balaban J connectivity index is 0.00000560. The van der Waals surface area contributed by atoms with Gasteiger partial charge in [-0.15, -0.1) is 22.7 Å². The number of thiazole rings is 1. The molecule has 220 valence electrons. The Hall–Kier alpha value is -3.08. The van der Waals surface area contributed by atoms with Gasteiger partial charge in [0, 0.05) is 18.5 Å². The van der Waals surface area contributed by atoms with Gasteiger partial charge in [-0.2, -0.15) is 8.42 Å². The molecule has 3 rings (SSSR count). The standard InChI is InChI=1S/C25H33N5O6S3.H3N/c1-6-20(29(2)3)22(30(4)25(32)36-5)23(31)26-18(19-15-38-24(27-19)21-8-7-13-37-21)14-16-9-11-17(12-10-16)28-39(33,34)35;/h7-13,15,18,20,22,28H,6,14H2,1-5H3,(H,26,31)(H,33,34,35);1H3. The van der Waals surface area contributed by atoms with E-state index in [1.807, 2.05) is 53.5 Å². The van der Waals surface area contributed by atoms with Gasteiger partial charge in [0.05, 0.1) is 29.4 Å². The highest BCUT2D eigenvalue weighted by Crippen LogP contribution is 2.31. The molecule has 15 heteroatoms. The normalized spacial score (nSPS) is 13.6. The number of hydrogen-bond donors (Lipinski definition) is 4. The van der Waals surface area contributed by atoms with Crippen molar-refractivity contribution in [3.05, 3.63) is 58.4 Å². The topological polar surface area (TPSA) is 176 Å². The number of methoxy groups -OCH3 is 1. The van der Waals surface area contributed by atoms with Crippen LogP contribution in [0.5, 0.6) is 0 Å². The molecule has 0 aliphatic carbocycles. The van der Waals surface area contributed by atoms with Gasteiger partial charge in [-0.1, -0.05) is 25.1 Å². The van der Waals surface area contributed by atoms with E-state index in [2.05, 4.69) is 5.32 Å². The molecule has 40 heavy (non-hydrogen) atoms. The van der Waals surface area contributed by atoms with Gasteiger partial charge in [0.25, 0.3) is 0 Å². The molecule has 0 bridgehead atoms. The van der Waals surface area contributed by atoms with Crippen LogP contribution in [0.3, 0.4) is 0 Å². The summed E-state index contributed by atoms with van der Waals surface area (Å²) in [5.74, 6) is -0.358. The second-order valence-corrected chi connectivity index (χ2v) is 12.0. The molecule has 1 aromatic carbocycles. The Morgan fingerprint density at radius 3 is 2.33 bits per heavy atom. The van der Waals surface area contributed by atoms with Crippen molar-refractivity contribution in [3.63, 3.8) is 0 Å². The second-order valence-electron chi connectivity index (χ2n) is 9.06. The number of carbonyl (C=O) groups is 2. The molecule has 2 amide bonds. The molecule has 2 aromatic heterocycles. The van der Waals surface area contributed by atoms with Crippen molar-refractivity contribution in [2.45, 2.75) is 37.9 Å². The zero-order chi connectivity index (χ0) is 28.7. The van der Waals surface area contributed by atoms with Gasteiger partial charge in [-0.25, -0.2) is 9.78 Å².